The van der Waals surface area contributed by atoms with Gasteiger partial charge < -0.3 is 10.2 Å². The maximum Gasteiger partial charge on any atom is 0.244 e. The Morgan fingerprint density at radius 2 is 1.44 bits per heavy atom. The van der Waals surface area contributed by atoms with Gasteiger partial charge >= 0.3 is 0 Å². The fourth-order valence-corrected chi connectivity index (χ4v) is 5.86. The van der Waals surface area contributed by atoms with Gasteiger partial charge in [0, 0.05) is 23.5 Å². The summed E-state index contributed by atoms with van der Waals surface area (Å²) in [6, 6.07) is 17.8. The van der Waals surface area contributed by atoms with Gasteiger partial charge in [-0.1, -0.05) is 94.9 Å². The van der Waals surface area contributed by atoms with Gasteiger partial charge in [-0.05, 0) is 50.1 Å². The minimum Gasteiger partial charge on any atom is -0.350 e. The van der Waals surface area contributed by atoms with Crippen LogP contribution in [0.5, 0.6) is 0 Å². The van der Waals surface area contributed by atoms with Crippen LogP contribution >= 0.6 is 46.4 Å². The van der Waals surface area contributed by atoms with E-state index in [0.717, 1.165) is 16.1 Å². The van der Waals surface area contributed by atoms with Gasteiger partial charge in [-0.25, -0.2) is 8.42 Å². The minimum absolute atomic E-state index is 0.0124. The second-order valence-corrected chi connectivity index (χ2v) is 14.1. The van der Waals surface area contributed by atoms with Gasteiger partial charge in [-0.3, -0.25) is 13.9 Å². The first kappa shape index (κ1) is 33.0. The number of rotatable bonds is 10. The number of anilines is 1. The van der Waals surface area contributed by atoms with E-state index in [2.05, 4.69) is 5.32 Å². The average Bonchev–Trinajstić information content (AvgIpc) is 2.87. The number of hydrogen-bond acceptors (Lipinski definition) is 4. The lowest BCUT2D eigenvalue weighted by Crippen LogP contribution is -2.56. The molecule has 12 heteroatoms. The van der Waals surface area contributed by atoms with E-state index in [-0.39, 0.29) is 33.7 Å². The third kappa shape index (κ3) is 9.25. The van der Waals surface area contributed by atoms with E-state index >= 15 is 0 Å². The van der Waals surface area contributed by atoms with Crippen LogP contribution in [0.1, 0.15) is 31.9 Å². The summed E-state index contributed by atoms with van der Waals surface area (Å²) in [4.78, 5) is 29.2. The molecule has 0 fully saturated rings. The summed E-state index contributed by atoms with van der Waals surface area (Å²) in [6.45, 7) is 4.79. The molecule has 0 bridgehead atoms. The summed E-state index contributed by atoms with van der Waals surface area (Å²) in [5.74, 6) is -1.05. The number of hydrogen-bond donors (Lipinski definition) is 1. The number of carbonyl (C=O) groups is 2. The van der Waals surface area contributed by atoms with Crippen molar-refractivity contribution in [3.63, 3.8) is 0 Å². The predicted octanol–water partition coefficient (Wildman–Crippen LogP) is 6.62. The highest BCUT2D eigenvalue weighted by atomic mass is 35.5. The molecule has 0 heterocycles. The maximum absolute atomic E-state index is 14.1. The van der Waals surface area contributed by atoms with E-state index in [1.165, 1.54) is 17.0 Å². The number of benzene rings is 3. The van der Waals surface area contributed by atoms with Gasteiger partial charge in [0.05, 0.1) is 27.0 Å². The lowest BCUT2D eigenvalue weighted by molar-refractivity contribution is -0.140. The van der Waals surface area contributed by atoms with E-state index in [0.29, 0.717) is 10.6 Å². The Bertz CT molecular complexity index is 1510. The number of nitrogens with zero attached hydrogens (tertiary/aromatic N) is 2. The predicted molar refractivity (Wildman–Crippen MR) is 167 cm³/mol. The van der Waals surface area contributed by atoms with Crippen LogP contribution in [-0.4, -0.2) is 49.5 Å². The molecule has 1 unspecified atom stereocenters. The first-order chi connectivity index (χ1) is 19.1. The molecule has 0 spiro atoms. The van der Waals surface area contributed by atoms with Gasteiger partial charge in [0.2, 0.25) is 21.8 Å². The van der Waals surface area contributed by atoms with Crippen molar-refractivity contribution in [1.29, 1.82) is 0 Å². The molecule has 0 saturated heterocycles. The topological polar surface area (TPSA) is 86.8 Å². The average molecular weight is 659 g/mol. The van der Waals surface area contributed by atoms with Gasteiger partial charge in [0.1, 0.15) is 12.6 Å². The Morgan fingerprint density at radius 1 is 0.854 bits per heavy atom. The molecule has 0 saturated carbocycles. The van der Waals surface area contributed by atoms with Gasteiger partial charge in [0.15, 0.2) is 0 Å². The number of halogens is 4. The molecule has 41 heavy (non-hydrogen) atoms. The van der Waals surface area contributed by atoms with Crippen molar-refractivity contribution in [1.82, 2.24) is 10.2 Å². The summed E-state index contributed by atoms with van der Waals surface area (Å²) < 4.78 is 26.8. The molecule has 3 aromatic rings. The third-order valence-electron chi connectivity index (χ3n) is 6.01. The van der Waals surface area contributed by atoms with Gasteiger partial charge in [-0.2, -0.15) is 0 Å². The van der Waals surface area contributed by atoms with Crippen LogP contribution in [0.25, 0.3) is 0 Å². The molecule has 1 atom stereocenters. The van der Waals surface area contributed by atoms with Crippen LogP contribution in [0, 0.1) is 0 Å². The Hall–Kier alpha value is -2.49. The molecule has 0 aliphatic carbocycles. The van der Waals surface area contributed by atoms with Crippen LogP contribution in [0.15, 0.2) is 66.7 Å². The van der Waals surface area contributed by atoms with Crippen LogP contribution in [-0.2, 0) is 32.6 Å². The molecule has 7 nitrogen and oxygen atoms in total. The fourth-order valence-electron chi connectivity index (χ4n) is 4.11. The van der Waals surface area contributed by atoms with E-state index in [1.54, 1.807) is 24.3 Å². The molecule has 220 valence electrons. The van der Waals surface area contributed by atoms with Crippen LogP contribution in [0.2, 0.25) is 20.1 Å². The standard InChI is InChI=1S/C29H31Cl4N3O4S/c1-29(2,3)34-28(38)26(14-19-10-6-5-7-11-19)35(17-20-12-8-9-13-21(20)30)27(37)18-36(41(4,39)40)25-16-23(32)22(31)15-24(25)33/h5-13,15-16,26H,14,17-18H2,1-4H3,(H,34,38). The molecule has 0 radical (unpaired) electrons. The van der Waals surface area contributed by atoms with Crippen LogP contribution in [0.3, 0.4) is 0 Å². The summed E-state index contributed by atoms with van der Waals surface area (Å²) in [7, 11) is -4.04. The van der Waals surface area contributed by atoms with Crippen molar-refractivity contribution < 1.29 is 18.0 Å². The second kappa shape index (κ2) is 13.7. The SMILES string of the molecule is CC(C)(C)NC(=O)C(Cc1ccccc1)N(Cc1ccccc1Cl)C(=O)CN(c1cc(Cl)c(Cl)cc1Cl)S(C)(=O)=O. The van der Waals surface area contributed by atoms with Crippen molar-refractivity contribution in [2.45, 2.75) is 45.3 Å². The molecule has 3 rings (SSSR count). The number of sulfonamides is 1. The van der Waals surface area contributed by atoms with Gasteiger partial charge in [0.25, 0.3) is 0 Å². The summed E-state index contributed by atoms with van der Waals surface area (Å²) in [5, 5.41) is 3.53. The first-order valence-corrected chi connectivity index (χ1v) is 15.9. The minimum atomic E-state index is -4.04. The quantitative estimate of drug-likeness (QED) is 0.248. The Morgan fingerprint density at radius 3 is 2.02 bits per heavy atom. The van der Waals surface area contributed by atoms with Crippen molar-refractivity contribution >= 4 is 73.9 Å². The molecule has 2 amide bonds. The Balaban J connectivity index is 2.13. The second-order valence-electron chi connectivity index (χ2n) is 10.5. The zero-order chi connectivity index (χ0) is 30.5. The smallest absolute Gasteiger partial charge is 0.244 e. The molecular formula is C29H31Cl4N3O4S. The fraction of sp³-hybridized carbons (Fsp3) is 0.310. The summed E-state index contributed by atoms with van der Waals surface area (Å²) >= 11 is 25.0. The molecular weight excluding hydrogens is 628 g/mol. The van der Waals surface area contributed by atoms with Crippen LogP contribution < -0.4 is 9.62 Å². The highest BCUT2D eigenvalue weighted by Gasteiger charge is 2.35. The monoisotopic (exact) mass is 657 g/mol. The normalized spacial score (nSPS) is 12.5. The van der Waals surface area contributed by atoms with Crippen molar-refractivity contribution in [2.75, 3.05) is 17.1 Å². The summed E-state index contributed by atoms with van der Waals surface area (Å²) in [6.07, 6.45) is 1.12. The zero-order valence-electron chi connectivity index (χ0n) is 23.0. The molecule has 0 aliphatic rings. The first-order valence-electron chi connectivity index (χ1n) is 12.6. The molecule has 0 aromatic heterocycles. The molecule has 3 aromatic carbocycles. The Labute approximate surface area is 261 Å². The van der Waals surface area contributed by atoms with E-state index in [9.17, 15) is 18.0 Å². The zero-order valence-corrected chi connectivity index (χ0v) is 26.8. The highest BCUT2D eigenvalue weighted by Crippen LogP contribution is 2.36. The van der Waals surface area contributed by atoms with E-state index < -0.39 is 40.0 Å². The molecule has 1 N–H and O–H groups in total. The third-order valence-corrected chi connectivity index (χ3v) is 8.53. The molecule has 0 aliphatic heterocycles. The number of amides is 2. The van der Waals surface area contributed by atoms with Crippen LogP contribution in [0.4, 0.5) is 5.69 Å². The highest BCUT2D eigenvalue weighted by molar-refractivity contribution is 7.92. The number of nitrogens with one attached hydrogen (secondary N) is 1. The van der Waals surface area contributed by atoms with Crippen molar-refractivity contribution in [3.8, 4) is 0 Å². The van der Waals surface area contributed by atoms with Crippen molar-refractivity contribution in [3.05, 3.63) is 97.9 Å². The lowest BCUT2D eigenvalue weighted by atomic mass is 10.0. The maximum atomic E-state index is 14.1. The van der Waals surface area contributed by atoms with Crippen molar-refractivity contribution in [2.24, 2.45) is 0 Å². The van der Waals surface area contributed by atoms with E-state index in [4.69, 9.17) is 46.4 Å². The number of carbonyl (C=O) groups excluding carboxylic acids is 2. The van der Waals surface area contributed by atoms with E-state index in [1.807, 2.05) is 51.1 Å². The van der Waals surface area contributed by atoms with Gasteiger partial charge in [-0.15, -0.1) is 0 Å². The Kier molecular flexibility index (Phi) is 11.0. The lowest BCUT2D eigenvalue weighted by Gasteiger charge is -2.35. The largest absolute Gasteiger partial charge is 0.350 e. The summed E-state index contributed by atoms with van der Waals surface area (Å²) in [5.41, 5.74) is 0.777.